The van der Waals surface area contributed by atoms with Crippen molar-refractivity contribution < 1.29 is 13.6 Å². The summed E-state index contributed by atoms with van der Waals surface area (Å²) in [5.41, 5.74) is 0.740. The van der Waals surface area contributed by atoms with Crippen LogP contribution in [0.4, 0.5) is 8.78 Å². The third-order valence-electron chi connectivity index (χ3n) is 2.56. The molecule has 1 aromatic carbocycles. The van der Waals surface area contributed by atoms with Crippen molar-refractivity contribution in [3.63, 3.8) is 0 Å². The van der Waals surface area contributed by atoms with Gasteiger partial charge < -0.3 is 10.6 Å². The lowest BCUT2D eigenvalue weighted by molar-refractivity contribution is -0.122. The first-order valence-electron chi connectivity index (χ1n) is 5.92. The van der Waals surface area contributed by atoms with E-state index in [2.05, 4.69) is 10.6 Å². The second-order valence-electron chi connectivity index (χ2n) is 4.04. The van der Waals surface area contributed by atoms with Gasteiger partial charge in [0.2, 0.25) is 5.91 Å². The Labute approximate surface area is 106 Å². The van der Waals surface area contributed by atoms with E-state index in [-0.39, 0.29) is 17.5 Å². The topological polar surface area (TPSA) is 41.1 Å². The van der Waals surface area contributed by atoms with Gasteiger partial charge in [-0.2, -0.15) is 0 Å². The van der Waals surface area contributed by atoms with Crippen LogP contribution in [0.5, 0.6) is 0 Å². The first-order valence-corrected chi connectivity index (χ1v) is 5.92. The molecular formula is C13H18F2N2O. The highest BCUT2D eigenvalue weighted by molar-refractivity contribution is 5.81. The number of hydrogen-bond donors (Lipinski definition) is 2. The van der Waals surface area contributed by atoms with Crippen LogP contribution in [-0.4, -0.2) is 18.5 Å². The zero-order chi connectivity index (χ0) is 13.5. The van der Waals surface area contributed by atoms with E-state index in [0.29, 0.717) is 13.1 Å². The number of halogens is 2. The molecule has 1 aromatic rings. The highest BCUT2D eigenvalue weighted by Gasteiger charge is 2.11. The van der Waals surface area contributed by atoms with Crippen LogP contribution >= 0.6 is 0 Å². The smallest absolute Gasteiger partial charge is 0.263 e. The normalized spacial score (nSPS) is 12.5. The van der Waals surface area contributed by atoms with Crippen LogP contribution in [0, 0.1) is 0 Å². The summed E-state index contributed by atoms with van der Waals surface area (Å²) in [6, 6.07) is 5.84. The van der Waals surface area contributed by atoms with Gasteiger partial charge in [-0.1, -0.05) is 18.2 Å². The van der Waals surface area contributed by atoms with E-state index >= 15 is 0 Å². The summed E-state index contributed by atoms with van der Waals surface area (Å²) in [6.07, 6.45) is -2.47. The molecule has 0 saturated carbocycles. The fourth-order valence-corrected chi connectivity index (χ4v) is 1.53. The van der Waals surface area contributed by atoms with Crippen molar-refractivity contribution in [2.45, 2.75) is 32.9 Å². The van der Waals surface area contributed by atoms with Gasteiger partial charge in [-0.15, -0.1) is 0 Å². The fourth-order valence-electron chi connectivity index (χ4n) is 1.53. The van der Waals surface area contributed by atoms with Crippen LogP contribution in [0.3, 0.4) is 0 Å². The predicted molar refractivity (Wildman–Crippen MR) is 66.4 cm³/mol. The summed E-state index contributed by atoms with van der Waals surface area (Å²) >= 11 is 0. The monoisotopic (exact) mass is 256 g/mol. The molecule has 0 bridgehead atoms. The standard InChI is InChI=1S/C13H18F2N2O/c1-3-16-13(18)9(2)17-8-10-5-4-6-11(7-10)12(14)15/h4-7,9,12,17H,3,8H2,1-2H3,(H,16,18). The third-order valence-corrected chi connectivity index (χ3v) is 2.56. The Morgan fingerprint density at radius 2 is 2.11 bits per heavy atom. The van der Waals surface area contributed by atoms with E-state index in [1.807, 2.05) is 6.92 Å². The minimum absolute atomic E-state index is 0.0000345. The van der Waals surface area contributed by atoms with Gasteiger partial charge in [-0.3, -0.25) is 4.79 Å². The molecule has 0 aliphatic carbocycles. The number of alkyl halides is 2. The zero-order valence-corrected chi connectivity index (χ0v) is 10.5. The molecule has 1 atom stereocenters. The lowest BCUT2D eigenvalue weighted by atomic mass is 10.1. The van der Waals surface area contributed by atoms with Gasteiger partial charge in [0.05, 0.1) is 6.04 Å². The Balaban J connectivity index is 2.53. The number of benzene rings is 1. The van der Waals surface area contributed by atoms with Gasteiger partial charge in [0.15, 0.2) is 0 Å². The Kier molecular flexibility index (Phi) is 5.71. The molecular weight excluding hydrogens is 238 g/mol. The summed E-state index contributed by atoms with van der Waals surface area (Å²) in [5.74, 6) is -0.0949. The van der Waals surface area contributed by atoms with Crippen molar-refractivity contribution in [3.8, 4) is 0 Å². The minimum atomic E-state index is -2.47. The number of nitrogens with one attached hydrogen (secondary N) is 2. The first kappa shape index (κ1) is 14.6. The molecule has 0 saturated heterocycles. The van der Waals surface area contributed by atoms with Gasteiger partial charge in [-0.05, 0) is 25.5 Å². The van der Waals surface area contributed by atoms with Crippen LogP contribution in [-0.2, 0) is 11.3 Å². The molecule has 1 rings (SSSR count). The van der Waals surface area contributed by atoms with E-state index in [4.69, 9.17) is 0 Å². The summed E-state index contributed by atoms with van der Waals surface area (Å²) in [7, 11) is 0. The van der Waals surface area contributed by atoms with E-state index in [1.165, 1.54) is 12.1 Å². The average molecular weight is 256 g/mol. The van der Waals surface area contributed by atoms with Crippen molar-refractivity contribution >= 4 is 5.91 Å². The van der Waals surface area contributed by atoms with Crippen LogP contribution < -0.4 is 10.6 Å². The second-order valence-corrected chi connectivity index (χ2v) is 4.04. The molecule has 1 unspecified atom stereocenters. The van der Waals surface area contributed by atoms with Crippen LogP contribution in [0.2, 0.25) is 0 Å². The number of likely N-dealkylation sites (N-methyl/N-ethyl adjacent to an activating group) is 1. The number of amides is 1. The number of carbonyl (C=O) groups excluding carboxylic acids is 1. The van der Waals surface area contributed by atoms with Crippen LogP contribution in [0.1, 0.15) is 31.4 Å². The minimum Gasteiger partial charge on any atom is -0.355 e. The number of rotatable bonds is 6. The lowest BCUT2D eigenvalue weighted by Gasteiger charge is -2.13. The van der Waals surface area contributed by atoms with E-state index in [9.17, 15) is 13.6 Å². The molecule has 3 nitrogen and oxygen atoms in total. The Morgan fingerprint density at radius 1 is 1.39 bits per heavy atom. The molecule has 0 aromatic heterocycles. The average Bonchev–Trinajstić information content (AvgIpc) is 2.36. The SMILES string of the molecule is CCNC(=O)C(C)NCc1cccc(C(F)F)c1. The summed E-state index contributed by atoms with van der Waals surface area (Å²) in [6.45, 7) is 4.54. The predicted octanol–water partition coefficient (Wildman–Crippen LogP) is 2.24. The van der Waals surface area contributed by atoms with Crippen molar-refractivity contribution in [1.29, 1.82) is 0 Å². The highest BCUT2D eigenvalue weighted by atomic mass is 19.3. The van der Waals surface area contributed by atoms with Crippen molar-refractivity contribution in [3.05, 3.63) is 35.4 Å². The zero-order valence-electron chi connectivity index (χ0n) is 10.5. The number of hydrogen-bond acceptors (Lipinski definition) is 2. The summed E-state index contributed by atoms with van der Waals surface area (Å²) in [5, 5.41) is 5.68. The second kappa shape index (κ2) is 7.06. The van der Waals surface area contributed by atoms with Gasteiger partial charge in [0, 0.05) is 18.7 Å². The van der Waals surface area contributed by atoms with Crippen LogP contribution in [0.25, 0.3) is 0 Å². The van der Waals surface area contributed by atoms with Crippen LogP contribution in [0.15, 0.2) is 24.3 Å². The maximum absolute atomic E-state index is 12.5. The molecule has 100 valence electrons. The fraction of sp³-hybridized carbons (Fsp3) is 0.462. The Bertz CT molecular complexity index is 396. The first-order chi connectivity index (χ1) is 8.54. The largest absolute Gasteiger partial charge is 0.355 e. The van der Waals surface area contributed by atoms with E-state index in [1.54, 1.807) is 19.1 Å². The quantitative estimate of drug-likeness (QED) is 0.819. The maximum atomic E-state index is 12.5. The third kappa shape index (κ3) is 4.41. The Morgan fingerprint density at radius 3 is 2.72 bits per heavy atom. The molecule has 0 heterocycles. The molecule has 2 N–H and O–H groups in total. The molecule has 0 fully saturated rings. The molecule has 18 heavy (non-hydrogen) atoms. The number of carbonyl (C=O) groups is 1. The molecule has 0 spiro atoms. The lowest BCUT2D eigenvalue weighted by Crippen LogP contribution is -2.41. The molecule has 0 radical (unpaired) electrons. The van der Waals surface area contributed by atoms with E-state index in [0.717, 1.165) is 5.56 Å². The summed E-state index contributed by atoms with van der Waals surface area (Å²) < 4.78 is 25.0. The highest BCUT2D eigenvalue weighted by Crippen LogP contribution is 2.19. The van der Waals surface area contributed by atoms with E-state index < -0.39 is 6.43 Å². The van der Waals surface area contributed by atoms with Crippen molar-refractivity contribution in [1.82, 2.24) is 10.6 Å². The van der Waals surface area contributed by atoms with Crippen molar-refractivity contribution in [2.75, 3.05) is 6.54 Å². The van der Waals surface area contributed by atoms with Gasteiger partial charge in [0.1, 0.15) is 0 Å². The Hall–Kier alpha value is -1.49. The maximum Gasteiger partial charge on any atom is 0.263 e. The molecule has 1 amide bonds. The van der Waals surface area contributed by atoms with Gasteiger partial charge in [-0.25, -0.2) is 8.78 Å². The summed E-state index contributed by atoms with van der Waals surface area (Å²) in [4.78, 5) is 11.4. The van der Waals surface area contributed by atoms with Crippen molar-refractivity contribution in [2.24, 2.45) is 0 Å². The molecule has 0 aliphatic heterocycles. The van der Waals surface area contributed by atoms with Gasteiger partial charge in [0.25, 0.3) is 6.43 Å². The molecule has 5 heteroatoms. The molecule has 0 aliphatic rings. The van der Waals surface area contributed by atoms with Gasteiger partial charge >= 0.3 is 0 Å².